The molecule has 0 aliphatic heterocycles. The molecule has 0 saturated carbocycles. The van der Waals surface area contributed by atoms with Crippen molar-refractivity contribution in [2.75, 3.05) is 0 Å². The Morgan fingerprint density at radius 3 is 2.26 bits per heavy atom. The normalized spacial score (nSPS) is 11.8. The lowest BCUT2D eigenvalue weighted by molar-refractivity contribution is 1.36. The number of hydrogen-bond acceptors (Lipinski definition) is 2. The van der Waals surface area contributed by atoms with Gasteiger partial charge in [-0.15, -0.1) is 0 Å². The molecule has 0 aliphatic rings. The Labute approximate surface area is 183 Å². The number of benzene rings is 4. The highest BCUT2D eigenvalue weighted by atomic mass is 28.3. The van der Waals surface area contributed by atoms with Gasteiger partial charge in [-0.3, -0.25) is 4.98 Å². The van der Waals surface area contributed by atoms with Crippen LogP contribution in [0, 0.1) is 18.3 Å². The van der Waals surface area contributed by atoms with Crippen molar-refractivity contribution in [3.63, 3.8) is 0 Å². The number of pyridine rings is 1. The van der Waals surface area contributed by atoms with Crippen LogP contribution < -0.4 is 5.19 Å². The van der Waals surface area contributed by atoms with Crippen LogP contribution >= 0.6 is 0 Å². The summed E-state index contributed by atoms with van der Waals surface area (Å²) in [6, 6.07) is 25.6. The van der Waals surface area contributed by atoms with Gasteiger partial charge in [0.2, 0.25) is 0 Å². The first-order chi connectivity index (χ1) is 14.9. The molecule has 0 amide bonds. The first-order valence-corrected chi connectivity index (χ1v) is 14.1. The monoisotopic (exact) mass is 416 g/mol. The van der Waals surface area contributed by atoms with Crippen molar-refractivity contribution in [3.05, 3.63) is 84.1 Å². The quantitative estimate of drug-likeness (QED) is 0.231. The minimum atomic E-state index is -1.50. The molecule has 0 N–H and O–H groups in total. The predicted octanol–water partition coefficient (Wildman–Crippen LogP) is 6.93. The maximum absolute atomic E-state index is 9.73. The Balaban J connectivity index is 1.84. The van der Waals surface area contributed by atoms with Crippen molar-refractivity contribution in [3.8, 4) is 17.3 Å². The van der Waals surface area contributed by atoms with Gasteiger partial charge in [0.05, 0.1) is 25.4 Å². The number of aromatic nitrogens is 1. The van der Waals surface area contributed by atoms with Crippen LogP contribution in [0.2, 0.25) is 19.6 Å². The topological polar surface area (TPSA) is 36.7 Å². The number of aryl methyl sites for hydroxylation is 1. The summed E-state index contributed by atoms with van der Waals surface area (Å²) in [5.74, 6) is 0. The summed E-state index contributed by atoms with van der Waals surface area (Å²) in [5, 5.41) is 18.3. The standard InChI is InChI=1S/C28H24N2Si/c1-18-9-10-23-24-13-14-30-27(25(24)11-12-26(23)28(18)31(2,3)4)20-15-19-7-5-6-8-22(19)21(16-20)17-29/h5-16H,1-4H3. The van der Waals surface area contributed by atoms with Gasteiger partial charge in [0.15, 0.2) is 0 Å². The molecular formula is C28H24N2Si. The minimum Gasteiger partial charge on any atom is -0.256 e. The minimum absolute atomic E-state index is 0.685. The molecule has 1 aromatic heterocycles. The Morgan fingerprint density at radius 2 is 1.48 bits per heavy atom. The number of nitriles is 1. The van der Waals surface area contributed by atoms with Crippen LogP contribution in [-0.2, 0) is 0 Å². The van der Waals surface area contributed by atoms with Crippen LogP contribution in [0.1, 0.15) is 11.1 Å². The first-order valence-electron chi connectivity index (χ1n) is 10.6. The zero-order valence-corrected chi connectivity index (χ0v) is 19.3. The van der Waals surface area contributed by atoms with E-state index in [1.54, 1.807) is 0 Å². The summed E-state index contributed by atoms with van der Waals surface area (Å²) in [6.07, 6.45) is 1.90. The van der Waals surface area contributed by atoms with E-state index in [2.05, 4.69) is 75.1 Å². The highest BCUT2D eigenvalue weighted by Crippen LogP contribution is 2.34. The fourth-order valence-electron chi connectivity index (χ4n) is 4.95. The summed E-state index contributed by atoms with van der Waals surface area (Å²) < 4.78 is 0. The van der Waals surface area contributed by atoms with Crippen molar-refractivity contribution < 1.29 is 0 Å². The molecule has 0 atom stereocenters. The third kappa shape index (κ3) is 3.12. The van der Waals surface area contributed by atoms with E-state index < -0.39 is 8.07 Å². The second-order valence-corrected chi connectivity index (χ2v) is 14.3. The van der Waals surface area contributed by atoms with Crippen molar-refractivity contribution in [2.45, 2.75) is 26.6 Å². The molecule has 5 rings (SSSR count). The smallest absolute Gasteiger partial charge is 0.0998 e. The fourth-order valence-corrected chi connectivity index (χ4v) is 7.24. The molecule has 3 heteroatoms. The van der Waals surface area contributed by atoms with Gasteiger partial charge in [-0.1, -0.05) is 73.7 Å². The Kier molecular flexibility index (Phi) is 4.42. The molecule has 4 aromatic carbocycles. The molecule has 0 spiro atoms. The van der Waals surface area contributed by atoms with E-state index in [1.165, 1.54) is 26.9 Å². The molecule has 0 unspecified atom stereocenters. The third-order valence-electron chi connectivity index (χ3n) is 6.16. The average Bonchev–Trinajstić information content (AvgIpc) is 2.76. The van der Waals surface area contributed by atoms with E-state index in [1.807, 2.05) is 30.5 Å². The molecule has 0 bridgehead atoms. The van der Waals surface area contributed by atoms with Gasteiger partial charge >= 0.3 is 0 Å². The summed E-state index contributed by atoms with van der Waals surface area (Å²) >= 11 is 0. The van der Waals surface area contributed by atoms with Gasteiger partial charge in [0.1, 0.15) is 0 Å². The van der Waals surface area contributed by atoms with Gasteiger partial charge in [-0.05, 0) is 57.2 Å². The number of nitrogens with zero attached hydrogens (tertiary/aromatic N) is 2. The molecular weight excluding hydrogens is 392 g/mol. The molecule has 2 nitrogen and oxygen atoms in total. The maximum atomic E-state index is 9.73. The molecule has 5 aromatic rings. The molecule has 0 fully saturated rings. The highest BCUT2D eigenvalue weighted by molar-refractivity contribution is 6.90. The van der Waals surface area contributed by atoms with Gasteiger partial charge in [0, 0.05) is 17.1 Å². The molecule has 0 aliphatic carbocycles. The predicted molar refractivity (Wildman–Crippen MR) is 135 cm³/mol. The fraction of sp³-hybridized carbons (Fsp3) is 0.143. The Hall–Kier alpha value is -3.48. The van der Waals surface area contributed by atoms with Gasteiger partial charge in [0.25, 0.3) is 0 Å². The van der Waals surface area contributed by atoms with Crippen LogP contribution in [0.3, 0.4) is 0 Å². The van der Waals surface area contributed by atoms with Crippen molar-refractivity contribution >= 4 is 45.6 Å². The van der Waals surface area contributed by atoms with E-state index in [0.29, 0.717) is 5.56 Å². The van der Waals surface area contributed by atoms with E-state index >= 15 is 0 Å². The molecule has 0 radical (unpaired) electrons. The zero-order valence-electron chi connectivity index (χ0n) is 18.3. The first kappa shape index (κ1) is 19.5. The number of fused-ring (bicyclic) bond motifs is 4. The summed E-state index contributed by atoms with van der Waals surface area (Å²) in [7, 11) is -1.50. The Morgan fingerprint density at radius 1 is 0.774 bits per heavy atom. The lowest BCUT2D eigenvalue weighted by Crippen LogP contribution is -2.40. The highest BCUT2D eigenvalue weighted by Gasteiger charge is 2.22. The second kappa shape index (κ2) is 7.04. The van der Waals surface area contributed by atoms with Gasteiger partial charge in [-0.2, -0.15) is 5.26 Å². The van der Waals surface area contributed by atoms with Crippen LogP contribution in [0.4, 0.5) is 0 Å². The van der Waals surface area contributed by atoms with Crippen LogP contribution in [0.25, 0.3) is 43.6 Å². The van der Waals surface area contributed by atoms with Crippen LogP contribution in [0.15, 0.2) is 72.9 Å². The lowest BCUT2D eigenvalue weighted by Gasteiger charge is -2.23. The molecule has 150 valence electrons. The van der Waals surface area contributed by atoms with E-state index in [9.17, 15) is 5.26 Å². The SMILES string of the molecule is Cc1ccc2c(ccc3c(-c4cc(C#N)c5ccccc5c4)nccc32)c1[Si](C)(C)C. The van der Waals surface area contributed by atoms with E-state index in [0.717, 1.165) is 27.4 Å². The van der Waals surface area contributed by atoms with Crippen molar-refractivity contribution in [1.82, 2.24) is 4.98 Å². The zero-order chi connectivity index (χ0) is 21.8. The number of rotatable bonds is 2. The summed E-state index contributed by atoms with van der Waals surface area (Å²) in [4.78, 5) is 4.75. The number of hydrogen-bond donors (Lipinski definition) is 0. The largest absolute Gasteiger partial charge is 0.256 e. The summed E-state index contributed by atoms with van der Waals surface area (Å²) in [5.41, 5.74) is 3.98. The maximum Gasteiger partial charge on any atom is 0.0998 e. The van der Waals surface area contributed by atoms with E-state index in [-0.39, 0.29) is 0 Å². The molecule has 0 saturated heterocycles. The lowest BCUT2D eigenvalue weighted by atomic mass is 9.95. The van der Waals surface area contributed by atoms with Crippen LogP contribution in [0.5, 0.6) is 0 Å². The van der Waals surface area contributed by atoms with Gasteiger partial charge in [-0.25, -0.2) is 0 Å². The van der Waals surface area contributed by atoms with Crippen molar-refractivity contribution in [2.24, 2.45) is 0 Å². The molecule has 1 heterocycles. The molecule has 31 heavy (non-hydrogen) atoms. The average molecular weight is 417 g/mol. The van der Waals surface area contributed by atoms with Gasteiger partial charge < -0.3 is 0 Å². The Bertz CT molecular complexity index is 1540. The van der Waals surface area contributed by atoms with Crippen LogP contribution in [-0.4, -0.2) is 13.1 Å². The summed E-state index contributed by atoms with van der Waals surface area (Å²) in [6.45, 7) is 9.47. The van der Waals surface area contributed by atoms with E-state index in [4.69, 9.17) is 4.98 Å². The third-order valence-corrected chi connectivity index (χ3v) is 8.32. The van der Waals surface area contributed by atoms with Crippen molar-refractivity contribution in [1.29, 1.82) is 5.26 Å². The second-order valence-electron chi connectivity index (χ2n) is 9.28.